The van der Waals surface area contributed by atoms with Gasteiger partial charge in [-0.25, -0.2) is 0 Å². The molecule has 0 aliphatic carbocycles. The maximum Gasteiger partial charge on any atom is 0.251 e. The van der Waals surface area contributed by atoms with Crippen LogP contribution in [0, 0.1) is 0 Å². The number of morpholine rings is 1. The Kier molecular flexibility index (Phi) is 6.02. The van der Waals surface area contributed by atoms with E-state index in [1.807, 2.05) is 11.8 Å². The Morgan fingerprint density at radius 3 is 2.81 bits per heavy atom. The molecule has 4 rings (SSSR count). The largest absolute Gasteiger partial charge is 0.489 e. The van der Waals surface area contributed by atoms with E-state index in [0.717, 1.165) is 50.7 Å². The second kappa shape index (κ2) is 8.47. The highest BCUT2D eigenvalue weighted by Gasteiger charge is 2.41. The average molecular weight is 413 g/mol. The maximum absolute atomic E-state index is 12.8. The normalized spacial score (nSPS) is 25.8. The highest BCUT2D eigenvalue weighted by atomic mass is 35.5. The molecule has 0 radical (unpaired) electrons. The fourth-order valence-electron chi connectivity index (χ4n) is 3.84. The van der Waals surface area contributed by atoms with E-state index >= 15 is 0 Å². The number of rotatable bonds is 4. The molecule has 0 aromatic heterocycles. The van der Waals surface area contributed by atoms with Gasteiger partial charge in [-0.1, -0.05) is 11.6 Å². The van der Waals surface area contributed by atoms with Crippen LogP contribution < -0.4 is 14.8 Å². The summed E-state index contributed by atoms with van der Waals surface area (Å²) in [7, 11) is 0. The lowest BCUT2D eigenvalue weighted by Gasteiger charge is -2.43. The van der Waals surface area contributed by atoms with Crippen LogP contribution in [0.2, 0.25) is 5.02 Å². The number of ether oxygens (including phenoxy) is 3. The molecule has 3 aliphatic heterocycles. The number of hydrogen-bond donors (Lipinski definition) is 1. The molecule has 1 N–H and O–H groups in total. The number of hydrogen-bond acceptors (Lipinski definition) is 6. The molecule has 0 saturated carbocycles. The number of nitrogens with zero attached hydrogens (tertiary/aromatic N) is 1. The summed E-state index contributed by atoms with van der Waals surface area (Å²) >= 11 is 8.28. The smallest absolute Gasteiger partial charge is 0.251 e. The molecule has 8 heteroatoms. The van der Waals surface area contributed by atoms with E-state index in [-0.39, 0.29) is 11.4 Å². The second-order valence-corrected chi connectivity index (χ2v) is 8.66. The van der Waals surface area contributed by atoms with Crippen molar-refractivity contribution in [3.8, 4) is 11.5 Å². The van der Waals surface area contributed by atoms with Crippen LogP contribution >= 0.6 is 23.4 Å². The van der Waals surface area contributed by atoms with Gasteiger partial charge in [0.1, 0.15) is 0 Å². The van der Waals surface area contributed by atoms with Gasteiger partial charge in [0.05, 0.1) is 31.5 Å². The predicted octanol–water partition coefficient (Wildman–Crippen LogP) is 2.44. The molecule has 1 unspecified atom stereocenters. The third-order valence-corrected chi connectivity index (χ3v) is 6.92. The summed E-state index contributed by atoms with van der Waals surface area (Å²) in [6.45, 7) is 5.13. The van der Waals surface area contributed by atoms with E-state index < -0.39 is 0 Å². The van der Waals surface area contributed by atoms with Gasteiger partial charge in [0.2, 0.25) is 0 Å². The van der Waals surface area contributed by atoms with E-state index in [2.05, 4.69) is 10.2 Å². The number of nitrogens with one attached hydrogen (secondary N) is 1. The summed E-state index contributed by atoms with van der Waals surface area (Å²) in [6, 6.07) is 3.39. The van der Waals surface area contributed by atoms with Gasteiger partial charge in [-0.05, 0) is 24.3 Å². The minimum Gasteiger partial charge on any atom is -0.489 e. The highest BCUT2D eigenvalue weighted by Crippen LogP contribution is 2.38. The van der Waals surface area contributed by atoms with Crippen LogP contribution in [0.5, 0.6) is 11.5 Å². The van der Waals surface area contributed by atoms with Crippen molar-refractivity contribution in [2.45, 2.75) is 18.4 Å². The van der Waals surface area contributed by atoms with Gasteiger partial charge < -0.3 is 19.5 Å². The average Bonchev–Trinajstić information content (AvgIpc) is 3.05. The SMILES string of the molecule is O=C(NCC1(N2CCOCC2)CCSC1)c1cc(Cl)c2c(c1)OCCCO2. The van der Waals surface area contributed by atoms with Gasteiger partial charge in [-0.15, -0.1) is 0 Å². The van der Waals surface area contributed by atoms with Crippen molar-refractivity contribution < 1.29 is 19.0 Å². The minimum atomic E-state index is -0.128. The quantitative estimate of drug-likeness (QED) is 0.819. The highest BCUT2D eigenvalue weighted by molar-refractivity contribution is 7.99. The number of halogens is 1. The Bertz CT molecular complexity index is 691. The van der Waals surface area contributed by atoms with Crippen molar-refractivity contribution in [2.24, 2.45) is 0 Å². The lowest BCUT2D eigenvalue weighted by molar-refractivity contribution is -0.0129. The zero-order valence-corrected chi connectivity index (χ0v) is 16.9. The van der Waals surface area contributed by atoms with E-state index in [9.17, 15) is 4.79 Å². The molecule has 27 heavy (non-hydrogen) atoms. The first kappa shape index (κ1) is 19.2. The molecule has 6 nitrogen and oxygen atoms in total. The zero-order valence-electron chi connectivity index (χ0n) is 15.3. The number of thioether (sulfide) groups is 1. The van der Waals surface area contributed by atoms with E-state index in [1.54, 1.807) is 12.1 Å². The molecule has 0 spiro atoms. The second-order valence-electron chi connectivity index (χ2n) is 7.14. The summed E-state index contributed by atoms with van der Waals surface area (Å²) < 4.78 is 16.8. The van der Waals surface area contributed by atoms with Crippen molar-refractivity contribution in [3.63, 3.8) is 0 Å². The van der Waals surface area contributed by atoms with Crippen molar-refractivity contribution in [1.82, 2.24) is 10.2 Å². The molecule has 2 saturated heterocycles. The van der Waals surface area contributed by atoms with Crippen LogP contribution in [0.1, 0.15) is 23.2 Å². The molecule has 2 fully saturated rings. The summed E-state index contributed by atoms with van der Waals surface area (Å²) in [5, 5.41) is 3.55. The molecule has 3 heterocycles. The molecule has 0 bridgehead atoms. The molecular weight excluding hydrogens is 388 g/mol. The number of amides is 1. The lowest BCUT2D eigenvalue weighted by Crippen LogP contribution is -2.59. The first-order chi connectivity index (χ1) is 13.2. The third-order valence-electron chi connectivity index (χ3n) is 5.41. The van der Waals surface area contributed by atoms with Crippen molar-refractivity contribution >= 4 is 29.3 Å². The fraction of sp³-hybridized carbons (Fsp3) is 0.632. The molecular formula is C19H25ClN2O4S. The Morgan fingerprint density at radius 2 is 2.04 bits per heavy atom. The Morgan fingerprint density at radius 1 is 1.22 bits per heavy atom. The summed E-state index contributed by atoms with van der Waals surface area (Å²) in [4.78, 5) is 15.3. The first-order valence-corrected chi connectivity index (χ1v) is 11.0. The van der Waals surface area contributed by atoms with Gasteiger partial charge in [0.25, 0.3) is 5.91 Å². The standard InChI is InChI=1S/C19H25ClN2O4S/c20-15-10-14(11-16-17(15)26-6-1-5-25-16)18(23)21-12-19(2-9-27-13-19)22-3-7-24-8-4-22/h10-11H,1-9,12-13H2,(H,21,23). The Balaban J connectivity index is 1.47. The topological polar surface area (TPSA) is 60.0 Å². The van der Waals surface area contributed by atoms with Crippen LogP contribution in [-0.4, -0.2) is 73.9 Å². The van der Waals surface area contributed by atoms with Crippen LogP contribution in [0.15, 0.2) is 12.1 Å². The molecule has 1 amide bonds. The Labute approximate surface area is 168 Å². The van der Waals surface area contributed by atoms with Crippen LogP contribution in [0.4, 0.5) is 0 Å². The molecule has 1 aromatic rings. The van der Waals surface area contributed by atoms with Crippen molar-refractivity contribution in [3.05, 3.63) is 22.7 Å². The molecule has 1 aromatic carbocycles. The van der Waals surface area contributed by atoms with Gasteiger partial charge in [-0.2, -0.15) is 11.8 Å². The lowest BCUT2D eigenvalue weighted by atomic mass is 9.95. The van der Waals surface area contributed by atoms with Crippen LogP contribution in [0.3, 0.4) is 0 Å². The number of carbonyl (C=O) groups excluding carboxylic acids is 1. The van der Waals surface area contributed by atoms with Crippen LogP contribution in [0.25, 0.3) is 0 Å². The fourth-order valence-corrected chi connectivity index (χ4v) is 5.59. The van der Waals surface area contributed by atoms with Crippen LogP contribution in [-0.2, 0) is 4.74 Å². The minimum absolute atomic E-state index is 0.0131. The van der Waals surface area contributed by atoms with Gasteiger partial charge in [0.15, 0.2) is 11.5 Å². The first-order valence-electron chi connectivity index (χ1n) is 9.46. The monoisotopic (exact) mass is 412 g/mol. The van der Waals surface area contributed by atoms with E-state index in [4.69, 9.17) is 25.8 Å². The Hall–Kier alpha value is -1.15. The summed E-state index contributed by atoms with van der Waals surface area (Å²) in [6.07, 6.45) is 1.88. The number of benzene rings is 1. The number of carbonyl (C=O) groups is 1. The summed E-state index contributed by atoms with van der Waals surface area (Å²) in [5.41, 5.74) is 0.520. The van der Waals surface area contributed by atoms with E-state index in [0.29, 0.717) is 41.8 Å². The molecule has 1 atom stereocenters. The third kappa shape index (κ3) is 4.16. The maximum atomic E-state index is 12.8. The zero-order chi connectivity index (χ0) is 18.7. The summed E-state index contributed by atoms with van der Waals surface area (Å²) in [5.74, 6) is 3.11. The van der Waals surface area contributed by atoms with Gasteiger partial charge >= 0.3 is 0 Å². The van der Waals surface area contributed by atoms with Gasteiger partial charge in [-0.3, -0.25) is 9.69 Å². The number of fused-ring (bicyclic) bond motifs is 1. The van der Waals surface area contributed by atoms with Crippen molar-refractivity contribution in [1.29, 1.82) is 0 Å². The predicted molar refractivity (Wildman–Crippen MR) is 106 cm³/mol. The van der Waals surface area contributed by atoms with E-state index in [1.165, 1.54) is 0 Å². The van der Waals surface area contributed by atoms with Crippen molar-refractivity contribution in [2.75, 3.05) is 57.6 Å². The van der Waals surface area contributed by atoms with Gasteiger partial charge in [0, 0.05) is 42.9 Å². The molecule has 3 aliphatic rings. The molecule has 148 valence electrons.